The fourth-order valence-corrected chi connectivity index (χ4v) is 3.01. The Kier molecular flexibility index (Phi) is 3.96. The number of benzene rings is 2. The van der Waals surface area contributed by atoms with Gasteiger partial charge in [0.15, 0.2) is 0 Å². The third kappa shape index (κ3) is 3.28. The lowest BCUT2D eigenvalue weighted by Gasteiger charge is -2.16. The van der Waals surface area contributed by atoms with Gasteiger partial charge in [-0.25, -0.2) is 8.78 Å². The number of aromatic nitrogens is 3. The molecule has 0 fully saturated rings. The zero-order valence-electron chi connectivity index (χ0n) is 10.8. The second kappa shape index (κ2) is 6.05. The van der Waals surface area contributed by atoms with E-state index in [0.717, 1.165) is 11.1 Å². The average molecular weight is 303 g/mol. The fraction of sp³-hybridized carbons (Fsp3) is 0.0667. The lowest BCUT2D eigenvalue weighted by Crippen LogP contribution is -1.97. The maximum atomic E-state index is 13.1. The number of nitrogens with one attached hydrogen (secondary N) is 1. The quantitative estimate of drug-likeness (QED) is 0.742. The molecule has 2 aromatic carbocycles. The Labute approximate surface area is 124 Å². The van der Waals surface area contributed by atoms with E-state index in [1.54, 1.807) is 30.5 Å². The van der Waals surface area contributed by atoms with Gasteiger partial charge in [-0.3, -0.25) is 0 Å². The molecule has 0 aliphatic carbocycles. The highest BCUT2D eigenvalue weighted by molar-refractivity contribution is 7.99. The fourth-order valence-electron chi connectivity index (χ4n) is 1.97. The molecule has 0 atom stereocenters. The summed E-state index contributed by atoms with van der Waals surface area (Å²) in [7, 11) is 0. The SMILES string of the molecule is Fc1ccc(C(Sc2cn[nH]n2)c2ccc(F)cc2)cc1. The van der Waals surface area contributed by atoms with Gasteiger partial charge in [0, 0.05) is 0 Å². The molecule has 106 valence electrons. The minimum Gasteiger partial charge on any atom is -0.207 e. The maximum Gasteiger partial charge on any atom is 0.139 e. The molecule has 21 heavy (non-hydrogen) atoms. The number of H-pyrrole nitrogens is 1. The molecule has 1 heterocycles. The second-order valence-corrected chi connectivity index (χ2v) is 5.53. The van der Waals surface area contributed by atoms with Gasteiger partial charge in [0.05, 0.1) is 11.4 Å². The molecule has 3 aromatic rings. The van der Waals surface area contributed by atoms with Crippen LogP contribution in [0.15, 0.2) is 59.8 Å². The Bertz CT molecular complexity index is 651. The molecule has 0 aliphatic rings. The minimum atomic E-state index is -0.289. The van der Waals surface area contributed by atoms with Crippen molar-refractivity contribution in [3.63, 3.8) is 0 Å². The van der Waals surface area contributed by atoms with Crippen molar-refractivity contribution in [2.24, 2.45) is 0 Å². The van der Waals surface area contributed by atoms with Crippen molar-refractivity contribution >= 4 is 11.8 Å². The molecule has 0 unspecified atom stereocenters. The van der Waals surface area contributed by atoms with Gasteiger partial charge >= 0.3 is 0 Å². The van der Waals surface area contributed by atoms with Crippen molar-refractivity contribution in [1.82, 2.24) is 15.4 Å². The van der Waals surface area contributed by atoms with E-state index in [0.29, 0.717) is 5.03 Å². The van der Waals surface area contributed by atoms with E-state index >= 15 is 0 Å². The summed E-state index contributed by atoms with van der Waals surface area (Å²) < 4.78 is 26.2. The van der Waals surface area contributed by atoms with Crippen LogP contribution in [0.2, 0.25) is 0 Å². The Hall–Kier alpha value is -2.21. The van der Waals surface area contributed by atoms with Gasteiger partial charge in [-0.15, -0.1) is 5.10 Å². The summed E-state index contributed by atoms with van der Waals surface area (Å²) in [6.07, 6.45) is 1.62. The molecule has 0 saturated carbocycles. The summed E-state index contributed by atoms with van der Waals surface area (Å²) in [4.78, 5) is 0. The maximum absolute atomic E-state index is 13.1. The van der Waals surface area contributed by atoms with Crippen LogP contribution in [0.25, 0.3) is 0 Å². The number of aromatic amines is 1. The van der Waals surface area contributed by atoms with Gasteiger partial charge in [0.2, 0.25) is 0 Å². The molecular weight excluding hydrogens is 292 g/mol. The van der Waals surface area contributed by atoms with E-state index in [4.69, 9.17) is 0 Å². The molecule has 1 aromatic heterocycles. The Morgan fingerprint density at radius 3 is 1.81 bits per heavy atom. The Balaban J connectivity index is 1.97. The third-order valence-corrected chi connectivity index (χ3v) is 4.20. The van der Waals surface area contributed by atoms with Crippen molar-refractivity contribution in [2.45, 2.75) is 10.3 Å². The highest BCUT2D eigenvalue weighted by atomic mass is 32.2. The van der Waals surface area contributed by atoms with Crippen LogP contribution >= 0.6 is 11.8 Å². The van der Waals surface area contributed by atoms with Crippen LogP contribution in [-0.2, 0) is 0 Å². The number of thioether (sulfide) groups is 1. The Morgan fingerprint density at radius 2 is 1.38 bits per heavy atom. The summed E-state index contributed by atoms with van der Waals surface area (Å²) in [6.45, 7) is 0. The zero-order valence-corrected chi connectivity index (χ0v) is 11.6. The lowest BCUT2D eigenvalue weighted by molar-refractivity contribution is 0.626. The van der Waals surface area contributed by atoms with Crippen molar-refractivity contribution < 1.29 is 8.78 Å². The summed E-state index contributed by atoms with van der Waals surface area (Å²) in [5.74, 6) is -0.578. The van der Waals surface area contributed by atoms with Crippen LogP contribution in [-0.4, -0.2) is 15.4 Å². The topological polar surface area (TPSA) is 41.6 Å². The monoisotopic (exact) mass is 303 g/mol. The summed E-state index contributed by atoms with van der Waals surface area (Å²) in [5.41, 5.74) is 1.83. The zero-order chi connectivity index (χ0) is 14.7. The Morgan fingerprint density at radius 1 is 0.857 bits per heavy atom. The first kappa shape index (κ1) is 13.8. The number of hydrogen-bond donors (Lipinski definition) is 1. The van der Waals surface area contributed by atoms with Gasteiger partial charge in [-0.1, -0.05) is 36.0 Å². The molecule has 0 spiro atoms. The van der Waals surface area contributed by atoms with E-state index in [2.05, 4.69) is 15.4 Å². The molecule has 0 radical (unpaired) electrons. The average Bonchev–Trinajstić information content (AvgIpc) is 3.00. The first-order chi connectivity index (χ1) is 10.2. The number of halogens is 2. The van der Waals surface area contributed by atoms with Crippen molar-refractivity contribution in [1.29, 1.82) is 0 Å². The van der Waals surface area contributed by atoms with Crippen molar-refractivity contribution in [3.05, 3.63) is 77.5 Å². The molecule has 0 bridgehead atoms. The summed E-state index contributed by atoms with van der Waals surface area (Å²) in [5, 5.41) is 11.0. The standard InChI is InChI=1S/C15H11F2N3S/c16-12-5-1-10(2-6-12)15(21-14-9-18-20-19-14)11-3-7-13(17)8-4-11/h1-9,15H,(H,18,19,20). The predicted octanol–water partition coefficient (Wildman–Crippen LogP) is 3.96. The summed E-state index contributed by atoms with van der Waals surface area (Å²) >= 11 is 1.46. The summed E-state index contributed by atoms with van der Waals surface area (Å²) in [6, 6.07) is 12.5. The number of nitrogens with zero attached hydrogens (tertiary/aromatic N) is 2. The van der Waals surface area contributed by atoms with E-state index in [9.17, 15) is 8.78 Å². The van der Waals surface area contributed by atoms with Crippen LogP contribution in [0.5, 0.6) is 0 Å². The first-order valence-corrected chi connectivity index (χ1v) is 7.14. The molecule has 0 amide bonds. The van der Waals surface area contributed by atoms with E-state index in [-0.39, 0.29) is 16.9 Å². The molecular formula is C15H11F2N3S. The molecule has 3 rings (SSSR count). The van der Waals surface area contributed by atoms with E-state index in [1.807, 2.05) is 0 Å². The van der Waals surface area contributed by atoms with Gasteiger partial charge in [0.25, 0.3) is 0 Å². The second-order valence-electron chi connectivity index (χ2n) is 4.41. The highest BCUT2D eigenvalue weighted by Gasteiger charge is 2.17. The van der Waals surface area contributed by atoms with Gasteiger partial charge in [-0.2, -0.15) is 10.3 Å². The lowest BCUT2D eigenvalue weighted by atomic mass is 10.0. The highest BCUT2D eigenvalue weighted by Crippen LogP contribution is 2.39. The minimum absolute atomic E-state index is 0.115. The third-order valence-electron chi connectivity index (χ3n) is 2.98. The molecule has 0 saturated heterocycles. The van der Waals surface area contributed by atoms with Crippen LogP contribution in [0, 0.1) is 11.6 Å². The van der Waals surface area contributed by atoms with Gasteiger partial charge < -0.3 is 0 Å². The number of rotatable bonds is 4. The smallest absolute Gasteiger partial charge is 0.139 e. The molecule has 0 aliphatic heterocycles. The van der Waals surface area contributed by atoms with Gasteiger partial charge in [0.1, 0.15) is 16.7 Å². The van der Waals surface area contributed by atoms with Crippen LogP contribution in [0.3, 0.4) is 0 Å². The van der Waals surface area contributed by atoms with Crippen molar-refractivity contribution in [3.8, 4) is 0 Å². The van der Waals surface area contributed by atoms with E-state index < -0.39 is 0 Å². The van der Waals surface area contributed by atoms with Crippen LogP contribution < -0.4 is 0 Å². The van der Waals surface area contributed by atoms with Gasteiger partial charge in [-0.05, 0) is 35.4 Å². The van der Waals surface area contributed by atoms with Crippen LogP contribution in [0.4, 0.5) is 8.78 Å². The molecule has 3 nitrogen and oxygen atoms in total. The predicted molar refractivity (Wildman–Crippen MR) is 76.9 cm³/mol. The number of hydrogen-bond acceptors (Lipinski definition) is 3. The molecule has 6 heteroatoms. The van der Waals surface area contributed by atoms with E-state index in [1.165, 1.54) is 36.0 Å². The first-order valence-electron chi connectivity index (χ1n) is 6.26. The largest absolute Gasteiger partial charge is 0.207 e. The normalized spacial score (nSPS) is 11.0. The van der Waals surface area contributed by atoms with Crippen LogP contribution in [0.1, 0.15) is 16.4 Å². The molecule has 1 N–H and O–H groups in total. The van der Waals surface area contributed by atoms with Crippen molar-refractivity contribution in [2.75, 3.05) is 0 Å².